The minimum absolute atomic E-state index is 0.731. The van der Waals surface area contributed by atoms with Crippen LogP contribution in [0.5, 0.6) is 0 Å². The molecule has 1 unspecified atom stereocenters. The highest BCUT2D eigenvalue weighted by molar-refractivity contribution is 6.30. The molecule has 0 amide bonds. The second kappa shape index (κ2) is 8.65. The minimum atomic E-state index is 0.731. The summed E-state index contributed by atoms with van der Waals surface area (Å²) < 4.78 is 0. The zero-order valence-corrected chi connectivity index (χ0v) is 16.6. The Bertz CT molecular complexity index is 985. The maximum Gasteiger partial charge on any atom is 0.0998 e. The van der Waals surface area contributed by atoms with E-state index in [1.165, 1.54) is 24.1 Å². The fraction of sp³-hybridized carbons (Fsp3) is 0.292. The third-order valence-corrected chi connectivity index (χ3v) is 5.91. The molecule has 0 aromatic heterocycles. The molecule has 3 aromatic carbocycles. The maximum absolute atomic E-state index is 9.44. The van der Waals surface area contributed by atoms with Gasteiger partial charge in [0.05, 0.1) is 11.6 Å². The van der Waals surface area contributed by atoms with E-state index in [2.05, 4.69) is 40.6 Å². The number of hydrogen-bond acceptors (Lipinski definition) is 3. The van der Waals surface area contributed by atoms with E-state index in [0.29, 0.717) is 0 Å². The number of hydrogen-bond donors (Lipinski definition) is 1. The topological polar surface area (TPSA) is 39.1 Å². The summed E-state index contributed by atoms with van der Waals surface area (Å²) in [5.74, 6) is 0.743. The summed E-state index contributed by atoms with van der Waals surface area (Å²) in [6.45, 7) is 4.07. The summed E-state index contributed by atoms with van der Waals surface area (Å²) in [7, 11) is 0. The summed E-state index contributed by atoms with van der Waals surface area (Å²) in [6.07, 6.45) is 2.43. The van der Waals surface area contributed by atoms with Gasteiger partial charge in [-0.1, -0.05) is 41.9 Å². The molecule has 1 atom stereocenters. The molecule has 28 heavy (non-hydrogen) atoms. The first kappa shape index (κ1) is 18.8. The molecule has 1 heterocycles. The number of nitriles is 1. The number of nitrogens with zero attached hydrogens (tertiary/aromatic N) is 2. The summed E-state index contributed by atoms with van der Waals surface area (Å²) in [5.41, 5.74) is 3.16. The van der Waals surface area contributed by atoms with Gasteiger partial charge < -0.3 is 10.2 Å². The average Bonchev–Trinajstić information content (AvgIpc) is 3.25. The molecule has 0 bridgehead atoms. The molecule has 1 saturated heterocycles. The van der Waals surface area contributed by atoms with E-state index in [1.54, 1.807) is 0 Å². The van der Waals surface area contributed by atoms with Crippen LogP contribution < -0.4 is 10.2 Å². The molecule has 3 nitrogen and oxygen atoms in total. The maximum atomic E-state index is 9.44. The number of rotatable bonds is 6. The molecule has 3 aromatic rings. The van der Waals surface area contributed by atoms with Gasteiger partial charge in [0, 0.05) is 23.8 Å². The molecule has 0 radical (unpaired) electrons. The van der Waals surface area contributed by atoms with Crippen molar-refractivity contribution in [3.05, 3.63) is 76.8 Å². The van der Waals surface area contributed by atoms with Gasteiger partial charge in [-0.15, -0.1) is 0 Å². The highest BCUT2D eigenvalue weighted by atomic mass is 35.5. The second-order valence-electron chi connectivity index (χ2n) is 7.48. The van der Waals surface area contributed by atoms with Gasteiger partial charge in [0.2, 0.25) is 0 Å². The Morgan fingerprint density at radius 2 is 1.82 bits per heavy atom. The lowest BCUT2D eigenvalue weighted by Crippen LogP contribution is -2.26. The van der Waals surface area contributed by atoms with E-state index < -0.39 is 0 Å². The van der Waals surface area contributed by atoms with Gasteiger partial charge in [-0.2, -0.15) is 5.26 Å². The Morgan fingerprint density at radius 3 is 2.54 bits per heavy atom. The summed E-state index contributed by atoms with van der Waals surface area (Å²) in [6, 6.07) is 22.7. The number of nitrogens with one attached hydrogen (secondary N) is 1. The largest absolute Gasteiger partial charge is 0.367 e. The number of halogens is 1. The zero-order chi connectivity index (χ0) is 19.3. The lowest BCUT2D eigenvalue weighted by molar-refractivity contribution is 0.525. The van der Waals surface area contributed by atoms with E-state index in [1.807, 2.05) is 36.4 Å². The summed E-state index contributed by atoms with van der Waals surface area (Å²) >= 11 is 6.11. The van der Waals surface area contributed by atoms with E-state index in [4.69, 9.17) is 11.6 Å². The summed E-state index contributed by atoms with van der Waals surface area (Å²) in [5, 5.41) is 15.8. The van der Waals surface area contributed by atoms with Crippen molar-refractivity contribution in [3.63, 3.8) is 0 Å². The molecule has 1 aliphatic heterocycles. The van der Waals surface area contributed by atoms with E-state index >= 15 is 0 Å². The Balaban J connectivity index is 1.64. The lowest BCUT2D eigenvalue weighted by atomic mass is 9.99. The number of anilines is 1. The quantitative estimate of drug-likeness (QED) is 0.615. The minimum Gasteiger partial charge on any atom is -0.367 e. The molecule has 1 aliphatic rings. The lowest BCUT2D eigenvalue weighted by Gasteiger charge is -2.27. The zero-order valence-electron chi connectivity index (χ0n) is 15.9. The molecule has 0 spiro atoms. The third kappa shape index (κ3) is 4.14. The standard InChI is InChI=1S/C24H24ClN3/c25-21-7-9-22(10-8-21)28(14-12-18-11-13-27-16-18)17-20-6-5-19(15-26)23-3-1-2-4-24(20)23/h1-10,18,27H,11-14,16-17H2. The molecule has 4 heteroatoms. The normalized spacial score (nSPS) is 16.2. The summed E-state index contributed by atoms with van der Waals surface area (Å²) in [4.78, 5) is 2.43. The van der Waals surface area contributed by atoms with E-state index in [0.717, 1.165) is 53.5 Å². The van der Waals surface area contributed by atoms with Crippen LogP contribution in [-0.4, -0.2) is 19.6 Å². The first-order chi connectivity index (χ1) is 13.7. The Hall–Kier alpha value is -2.54. The van der Waals surface area contributed by atoms with Gasteiger partial charge in [-0.05, 0) is 78.5 Å². The van der Waals surface area contributed by atoms with Crippen LogP contribution in [0.25, 0.3) is 10.8 Å². The monoisotopic (exact) mass is 389 g/mol. The highest BCUT2D eigenvalue weighted by Crippen LogP contribution is 2.27. The fourth-order valence-electron chi connectivity index (χ4n) is 4.05. The van der Waals surface area contributed by atoms with Crippen molar-refractivity contribution in [1.82, 2.24) is 5.32 Å². The van der Waals surface area contributed by atoms with Crippen LogP contribution in [0.4, 0.5) is 5.69 Å². The van der Waals surface area contributed by atoms with Gasteiger partial charge >= 0.3 is 0 Å². The van der Waals surface area contributed by atoms with Crippen LogP contribution >= 0.6 is 11.6 Å². The Labute approximate surface area is 171 Å². The predicted octanol–water partition coefficient (Wildman–Crippen LogP) is 5.37. The Kier molecular flexibility index (Phi) is 5.81. The third-order valence-electron chi connectivity index (χ3n) is 5.66. The average molecular weight is 390 g/mol. The van der Waals surface area contributed by atoms with Crippen LogP contribution in [0.2, 0.25) is 5.02 Å². The van der Waals surface area contributed by atoms with Crippen LogP contribution in [-0.2, 0) is 6.54 Å². The smallest absolute Gasteiger partial charge is 0.0998 e. The molecule has 1 N–H and O–H groups in total. The number of benzene rings is 3. The van der Waals surface area contributed by atoms with Crippen LogP contribution in [0.15, 0.2) is 60.7 Å². The molecular weight excluding hydrogens is 366 g/mol. The second-order valence-corrected chi connectivity index (χ2v) is 7.91. The van der Waals surface area contributed by atoms with Gasteiger partial charge in [-0.3, -0.25) is 0 Å². The molecule has 0 saturated carbocycles. The van der Waals surface area contributed by atoms with Gasteiger partial charge in [0.15, 0.2) is 0 Å². The first-order valence-corrected chi connectivity index (χ1v) is 10.2. The van der Waals surface area contributed by atoms with Crippen LogP contribution in [0, 0.1) is 17.2 Å². The van der Waals surface area contributed by atoms with Crippen molar-refractivity contribution >= 4 is 28.1 Å². The Morgan fingerprint density at radius 1 is 1.04 bits per heavy atom. The molecule has 0 aliphatic carbocycles. The number of fused-ring (bicyclic) bond motifs is 1. The van der Waals surface area contributed by atoms with Gasteiger partial charge in [0.1, 0.15) is 0 Å². The van der Waals surface area contributed by atoms with Gasteiger partial charge in [0.25, 0.3) is 0 Å². The molecular formula is C24H24ClN3. The van der Waals surface area contributed by atoms with Crippen molar-refractivity contribution in [2.24, 2.45) is 5.92 Å². The first-order valence-electron chi connectivity index (χ1n) is 9.86. The van der Waals surface area contributed by atoms with Crippen molar-refractivity contribution in [3.8, 4) is 6.07 Å². The van der Waals surface area contributed by atoms with Crippen molar-refractivity contribution < 1.29 is 0 Å². The predicted molar refractivity (Wildman–Crippen MR) is 117 cm³/mol. The van der Waals surface area contributed by atoms with Crippen LogP contribution in [0.1, 0.15) is 24.0 Å². The van der Waals surface area contributed by atoms with Crippen molar-refractivity contribution in [1.29, 1.82) is 5.26 Å². The van der Waals surface area contributed by atoms with E-state index in [9.17, 15) is 5.26 Å². The van der Waals surface area contributed by atoms with Crippen molar-refractivity contribution in [2.45, 2.75) is 19.4 Å². The molecule has 142 valence electrons. The van der Waals surface area contributed by atoms with E-state index in [-0.39, 0.29) is 0 Å². The molecule has 4 rings (SSSR count). The molecule has 1 fully saturated rings. The fourth-order valence-corrected chi connectivity index (χ4v) is 4.18. The SMILES string of the molecule is N#Cc1ccc(CN(CCC2CCNC2)c2ccc(Cl)cc2)c2ccccc12. The van der Waals surface area contributed by atoms with Crippen molar-refractivity contribution in [2.75, 3.05) is 24.5 Å². The highest BCUT2D eigenvalue weighted by Gasteiger charge is 2.17. The van der Waals surface area contributed by atoms with Crippen LogP contribution in [0.3, 0.4) is 0 Å². The van der Waals surface area contributed by atoms with Gasteiger partial charge in [-0.25, -0.2) is 0 Å².